The highest BCUT2D eigenvalue weighted by atomic mass is 15.3. The number of hydrogen-bond donors (Lipinski definition) is 0. The average molecular weight is 401 g/mol. The smallest absolute Gasteiger partial charge is 0.139 e. The van der Waals surface area contributed by atoms with Crippen LogP contribution in [0.2, 0.25) is 0 Å². The standard InChI is InChI=1S/C28H50N/c1-5-7-8-9-10-11-12-13-14-15-16-17-18-19-20-23-26-29(3,4)28-25-22-21-24-27(28)6-2/h6,21-22,24-25H,2,5,7-20,23,26H2,1,3-4H3/q+1. The Kier molecular flexibility index (Phi) is 14.9. The van der Waals surface area contributed by atoms with Crippen LogP contribution in [-0.4, -0.2) is 20.6 Å². The van der Waals surface area contributed by atoms with Crippen molar-refractivity contribution in [3.8, 4) is 0 Å². The van der Waals surface area contributed by atoms with Gasteiger partial charge >= 0.3 is 0 Å². The third-order valence-electron chi connectivity index (χ3n) is 6.38. The first-order chi connectivity index (χ1) is 14.1. The molecule has 0 fully saturated rings. The van der Waals surface area contributed by atoms with Gasteiger partial charge in [-0.05, 0) is 25.0 Å². The second kappa shape index (κ2) is 16.7. The highest BCUT2D eigenvalue weighted by Crippen LogP contribution is 2.26. The number of unbranched alkanes of at least 4 members (excludes halogenated alkanes) is 15. The lowest BCUT2D eigenvalue weighted by atomic mass is 10.0. The molecule has 29 heavy (non-hydrogen) atoms. The summed E-state index contributed by atoms with van der Waals surface area (Å²) in [6.07, 6.45) is 24.9. The lowest BCUT2D eigenvalue weighted by Gasteiger charge is -2.30. The van der Waals surface area contributed by atoms with Crippen LogP contribution in [0.4, 0.5) is 5.69 Å². The normalized spacial score (nSPS) is 11.7. The largest absolute Gasteiger partial charge is 0.295 e. The van der Waals surface area contributed by atoms with Crippen molar-refractivity contribution < 1.29 is 0 Å². The van der Waals surface area contributed by atoms with Crippen LogP contribution in [-0.2, 0) is 0 Å². The molecule has 0 saturated heterocycles. The fraction of sp³-hybridized carbons (Fsp3) is 0.714. The number of para-hydroxylation sites is 1. The van der Waals surface area contributed by atoms with E-state index in [2.05, 4.69) is 51.9 Å². The van der Waals surface area contributed by atoms with E-state index < -0.39 is 0 Å². The fourth-order valence-corrected chi connectivity index (χ4v) is 4.39. The van der Waals surface area contributed by atoms with E-state index in [0.29, 0.717) is 0 Å². The first kappa shape index (κ1) is 26.0. The minimum absolute atomic E-state index is 0.959. The van der Waals surface area contributed by atoms with E-state index in [-0.39, 0.29) is 0 Å². The molecule has 1 aromatic carbocycles. The van der Waals surface area contributed by atoms with E-state index in [1.54, 1.807) is 0 Å². The van der Waals surface area contributed by atoms with E-state index in [1.165, 1.54) is 121 Å². The molecule has 0 aliphatic rings. The van der Waals surface area contributed by atoms with Crippen LogP contribution in [0.25, 0.3) is 6.08 Å². The summed E-state index contributed by atoms with van der Waals surface area (Å²) in [6.45, 7) is 7.48. The third kappa shape index (κ3) is 12.3. The van der Waals surface area contributed by atoms with Gasteiger partial charge < -0.3 is 0 Å². The molecule has 0 bridgehead atoms. The summed E-state index contributed by atoms with van der Waals surface area (Å²) in [5.74, 6) is 0. The lowest BCUT2D eigenvalue weighted by molar-refractivity contribution is 0.380. The molecular formula is C28H50N+. The topological polar surface area (TPSA) is 0 Å². The van der Waals surface area contributed by atoms with Crippen LogP contribution in [0.5, 0.6) is 0 Å². The van der Waals surface area contributed by atoms with Gasteiger partial charge in [-0.1, -0.05) is 122 Å². The lowest BCUT2D eigenvalue weighted by Crippen LogP contribution is -2.41. The van der Waals surface area contributed by atoms with Gasteiger partial charge in [0.25, 0.3) is 0 Å². The number of benzene rings is 1. The number of rotatable bonds is 19. The Balaban J connectivity index is 1.94. The van der Waals surface area contributed by atoms with Crippen molar-refractivity contribution in [2.75, 3.05) is 20.6 Å². The first-order valence-electron chi connectivity index (χ1n) is 12.7. The average Bonchev–Trinajstić information content (AvgIpc) is 2.73. The molecule has 0 radical (unpaired) electrons. The quantitative estimate of drug-likeness (QED) is 0.160. The zero-order chi connectivity index (χ0) is 21.2. The Hall–Kier alpha value is -1.08. The van der Waals surface area contributed by atoms with E-state index in [9.17, 15) is 0 Å². The van der Waals surface area contributed by atoms with E-state index in [0.717, 1.165) is 4.48 Å². The first-order valence-corrected chi connectivity index (χ1v) is 12.7. The van der Waals surface area contributed by atoms with Crippen LogP contribution >= 0.6 is 0 Å². The van der Waals surface area contributed by atoms with Crippen LogP contribution in [0.3, 0.4) is 0 Å². The SMILES string of the molecule is C=Cc1ccccc1[N+](C)(C)CCCCCCCCCCCCCCCCCC. The number of hydrogen-bond acceptors (Lipinski definition) is 0. The van der Waals surface area contributed by atoms with Crippen molar-refractivity contribution >= 4 is 11.8 Å². The highest BCUT2D eigenvalue weighted by molar-refractivity contribution is 5.64. The van der Waals surface area contributed by atoms with Gasteiger partial charge in [0.05, 0.1) is 20.6 Å². The van der Waals surface area contributed by atoms with E-state index in [1.807, 2.05) is 6.08 Å². The highest BCUT2D eigenvalue weighted by Gasteiger charge is 2.20. The summed E-state index contributed by atoms with van der Waals surface area (Å²) in [5.41, 5.74) is 2.66. The van der Waals surface area contributed by atoms with Crippen LogP contribution in [0.1, 0.15) is 115 Å². The molecule has 0 aliphatic heterocycles. The Morgan fingerprint density at radius 1 is 0.655 bits per heavy atom. The molecule has 0 atom stereocenters. The van der Waals surface area contributed by atoms with Crippen molar-refractivity contribution in [3.63, 3.8) is 0 Å². The minimum atomic E-state index is 0.959. The Bertz CT molecular complexity index is 517. The Morgan fingerprint density at radius 3 is 1.52 bits per heavy atom. The molecule has 0 aliphatic carbocycles. The van der Waals surface area contributed by atoms with Gasteiger partial charge in [0, 0.05) is 5.56 Å². The maximum atomic E-state index is 3.97. The van der Waals surface area contributed by atoms with Crippen molar-refractivity contribution in [3.05, 3.63) is 36.4 Å². The summed E-state index contributed by atoms with van der Waals surface area (Å²) in [5, 5.41) is 0. The maximum absolute atomic E-state index is 3.97. The second-order valence-electron chi connectivity index (χ2n) is 9.47. The predicted octanol–water partition coefficient (Wildman–Crippen LogP) is 9.16. The van der Waals surface area contributed by atoms with Gasteiger partial charge in [-0.15, -0.1) is 0 Å². The molecule has 1 rings (SSSR count). The molecule has 0 spiro atoms. The van der Waals surface area contributed by atoms with E-state index >= 15 is 0 Å². The summed E-state index contributed by atoms with van der Waals surface area (Å²) >= 11 is 0. The second-order valence-corrected chi connectivity index (χ2v) is 9.47. The molecule has 166 valence electrons. The van der Waals surface area contributed by atoms with Gasteiger partial charge in [-0.25, -0.2) is 0 Å². The summed E-state index contributed by atoms with van der Waals surface area (Å²) in [4.78, 5) is 0. The van der Waals surface area contributed by atoms with Crippen LogP contribution < -0.4 is 4.48 Å². The van der Waals surface area contributed by atoms with Crippen molar-refractivity contribution in [2.45, 2.75) is 110 Å². The Labute approximate surface area is 183 Å². The van der Waals surface area contributed by atoms with Gasteiger partial charge in [0.15, 0.2) is 0 Å². The van der Waals surface area contributed by atoms with Gasteiger partial charge in [-0.3, -0.25) is 4.48 Å². The molecule has 1 heteroatoms. The van der Waals surface area contributed by atoms with Gasteiger partial charge in [-0.2, -0.15) is 0 Å². The molecule has 0 saturated carbocycles. The van der Waals surface area contributed by atoms with Crippen molar-refractivity contribution in [1.82, 2.24) is 4.48 Å². The zero-order valence-electron chi connectivity index (χ0n) is 20.1. The van der Waals surface area contributed by atoms with Gasteiger partial charge in [0.1, 0.15) is 5.69 Å². The monoisotopic (exact) mass is 400 g/mol. The number of quaternary nitrogens is 1. The van der Waals surface area contributed by atoms with E-state index in [4.69, 9.17) is 0 Å². The molecule has 0 amide bonds. The predicted molar refractivity (Wildman–Crippen MR) is 135 cm³/mol. The summed E-state index contributed by atoms with van der Waals surface area (Å²) in [7, 11) is 4.65. The molecule has 0 N–H and O–H groups in total. The van der Waals surface area contributed by atoms with Crippen molar-refractivity contribution in [2.24, 2.45) is 0 Å². The maximum Gasteiger partial charge on any atom is 0.139 e. The zero-order valence-corrected chi connectivity index (χ0v) is 20.1. The molecule has 1 nitrogen and oxygen atoms in total. The fourth-order valence-electron chi connectivity index (χ4n) is 4.39. The minimum Gasteiger partial charge on any atom is -0.295 e. The van der Waals surface area contributed by atoms with Crippen molar-refractivity contribution in [1.29, 1.82) is 0 Å². The Morgan fingerprint density at radius 2 is 1.07 bits per heavy atom. The molecule has 1 aromatic rings. The third-order valence-corrected chi connectivity index (χ3v) is 6.38. The van der Waals surface area contributed by atoms with Crippen LogP contribution in [0, 0.1) is 0 Å². The van der Waals surface area contributed by atoms with Gasteiger partial charge in [0.2, 0.25) is 0 Å². The molecule has 0 heterocycles. The molecule has 0 unspecified atom stereocenters. The molecular weight excluding hydrogens is 350 g/mol. The summed E-state index contributed by atoms with van der Waals surface area (Å²) in [6, 6.07) is 8.69. The van der Waals surface area contributed by atoms with Crippen LogP contribution in [0.15, 0.2) is 30.8 Å². The summed E-state index contributed by atoms with van der Waals surface area (Å²) < 4.78 is 0.959. The molecule has 0 aromatic heterocycles. The number of nitrogens with zero attached hydrogens (tertiary/aromatic N) is 1.